The molecule has 88 valence electrons. The van der Waals surface area contributed by atoms with E-state index in [1.165, 1.54) is 30.6 Å². The van der Waals surface area contributed by atoms with E-state index >= 15 is 0 Å². The maximum Gasteiger partial charge on any atom is 0.0370 e. The average Bonchev–Trinajstić information content (AvgIpc) is 2.60. The van der Waals surface area contributed by atoms with Crippen LogP contribution in [0.2, 0.25) is 0 Å². The van der Waals surface area contributed by atoms with E-state index in [2.05, 4.69) is 48.3 Å². The fraction of sp³-hybridized carbons (Fsp3) is 0.571. The summed E-state index contributed by atoms with van der Waals surface area (Å²) in [7, 11) is 1.98. The van der Waals surface area contributed by atoms with Gasteiger partial charge in [0.05, 0.1) is 0 Å². The topological polar surface area (TPSA) is 15.3 Å². The van der Waals surface area contributed by atoms with Crippen LogP contribution in [0.25, 0.3) is 0 Å². The first kappa shape index (κ1) is 11.5. The van der Waals surface area contributed by atoms with Crippen molar-refractivity contribution in [1.29, 1.82) is 0 Å². The number of nitrogens with zero attached hydrogens (tertiary/aromatic N) is 1. The SMILES string of the molecule is CNCc1ccc(N2CCCC2(C)C)cc1. The zero-order chi connectivity index (χ0) is 11.6. The zero-order valence-electron chi connectivity index (χ0n) is 10.6. The monoisotopic (exact) mass is 218 g/mol. The predicted octanol–water partition coefficient (Wildman–Crippen LogP) is 2.78. The summed E-state index contributed by atoms with van der Waals surface area (Å²) in [5.74, 6) is 0. The number of nitrogens with one attached hydrogen (secondary N) is 1. The van der Waals surface area contributed by atoms with E-state index in [-0.39, 0.29) is 0 Å². The molecule has 16 heavy (non-hydrogen) atoms. The second-order valence-electron chi connectivity index (χ2n) is 5.26. The Labute approximate surface area is 98.7 Å². The molecule has 2 rings (SSSR count). The Morgan fingerprint density at radius 2 is 1.94 bits per heavy atom. The largest absolute Gasteiger partial charge is 0.366 e. The second kappa shape index (κ2) is 4.46. The molecule has 1 aliphatic heterocycles. The fourth-order valence-corrected chi connectivity index (χ4v) is 2.58. The third kappa shape index (κ3) is 2.22. The quantitative estimate of drug-likeness (QED) is 0.839. The summed E-state index contributed by atoms with van der Waals surface area (Å²) >= 11 is 0. The van der Waals surface area contributed by atoms with Gasteiger partial charge in [-0.1, -0.05) is 12.1 Å². The first-order valence-electron chi connectivity index (χ1n) is 6.15. The molecule has 0 atom stereocenters. The van der Waals surface area contributed by atoms with Crippen LogP contribution in [-0.2, 0) is 6.54 Å². The minimum Gasteiger partial charge on any atom is -0.366 e. The Hall–Kier alpha value is -1.02. The lowest BCUT2D eigenvalue weighted by molar-refractivity contribution is 0.518. The highest BCUT2D eigenvalue weighted by molar-refractivity contribution is 5.50. The van der Waals surface area contributed by atoms with Crippen LogP contribution in [0.15, 0.2) is 24.3 Å². The summed E-state index contributed by atoms with van der Waals surface area (Å²) in [4.78, 5) is 2.52. The molecular formula is C14H22N2. The van der Waals surface area contributed by atoms with Gasteiger partial charge in [0.1, 0.15) is 0 Å². The molecule has 0 unspecified atom stereocenters. The van der Waals surface area contributed by atoms with Crippen molar-refractivity contribution in [3.8, 4) is 0 Å². The van der Waals surface area contributed by atoms with Crippen molar-refractivity contribution in [2.24, 2.45) is 0 Å². The van der Waals surface area contributed by atoms with E-state index in [9.17, 15) is 0 Å². The Kier molecular flexibility index (Phi) is 3.20. The van der Waals surface area contributed by atoms with Crippen molar-refractivity contribution >= 4 is 5.69 Å². The van der Waals surface area contributed by atoms with Crippen molar-refractivity contribution in [1.82, 2.24) is 5.32 Å². The standard InChI is InChI=1S/C14H22N2/c1-14(2)9-4-10-16(14)13-7-5-12(6-8-13)11-15-3/h5-8,15H,4,9-11H2,1-3H3. The molecule has 1 N–H and O–H groups in total. The van der Waals surface area contributed by atoms with Gasteiger partial charge >= 0.3 is 0 Å². The van der Waals surface area contributed by atoms with E-state index in [4.69, 9.17) is 0 Å². The molecule has 0 spiro atoms. The molecule has 1 heterocycles. The molecule has 0 bridgehead atoms. The van der Waals surface area contributed by atoms with Gasteiger partial charge in [0.25, 0.3) is 0 Å². The minimum absolute atomic E-state index is 0.324. The summed E-state index contributed by atoms with van der Waals surface area (Å²) < 4.78 is 0. The van der Waals surface area contributed by atoms with Gasteiger partial charge in [-0.05, 0) is 51.4 Å². The third-order valence-corrected chi connectivity index (χ3v) is 3.53. The normalized spacial score (nSPS) is 19.1. The number of hydrogen-bond acceptors (Lipinski definition) is 2. The van der Waals surface area contributed by atoms with Crippen molar-refractivity contribution in [3.05, 3.63) is 29.8 Å². The lowest BCUT2D eigenvalue weighted by Gasteiger charge is -2.33. The number of benzene rings is 1. The van der Waals surface area contributed by atoms with Crippen LogP contribution in [0.5, 0.6) is 0 Å². The summed E-state index contributed by atoms with van der Waals surface area (Å²) in [6.07, 6.45) is 2.61. The Balaban J connectivity index is 2.15. The number of rotatable bonds is 3. The highest BCUT2D eigenvalue weighted by Gasteiger charge is 2.31. The average molecular weight is 218 g/mol. The van der Waals surface area contributed by atoms with Gasteiger partial charge in [-0.15, -0.1) is 0 Å². The number of hydrogen-bond donors (Lipinski definition) is 1. The molecule has 1 saturated heterocycles. The van der Waals surface area contributed by atoms with Crippen LogP contribution >= 0.6 is 0 Å². The summed E-state index contributed by atoms with van der Waals surface area (Å²) in [6, 6.07) is 8.94. The van der Waals surface area contributed by atoms with Crippen LogP contribution in [0.4, 0.5) is 5.69 Å². The van der Waals surface area contributed by atoms with Crippen LogP contribution in [0.3, 0.4) is 0 Å². The van der Waals surface area contributed by atoms with Crippen LogP contribution in [0, 0.1) is 0 Å². The molecule has 0 aliphatic carbocycles. The van der Waals surface area contributed by atoms with Crippen molar-refractivity contribution in [2.45, 2.75) is 38.8 Å². The van der Waals surface area contributed by atoms with E-state index in [1.807, 2.05) is 7.05 Å². The number of anilines is 1. The van der Waals surface area contributed by atoms with Crippen molar-refractivity contribution in [3.63, 3.8) is 0 Å². The maximum absolute atomic E-state index is 3.18. The lowest BCUT2D eigenvalue weighted by Crippen LogP contribution is -2.38. The smallest absolute Gasteiger partial charge is 0.0370 e. The Bertz CT molecular complexity index is 340. The molecule has 0 saturated carbocycles. The Morgan fingerprint density at radius 1 is 1.25 bits per heavy atom. The summed E-state index contributed by atoms with van der Waals surface area (Å²) in [6.45, 7) is 6.81. The molecule has 1 aromatic rings. The van der Waals surface area contributed by atoms with Crippen molar-refractivity contribution < 1.29 is 0 Å². The molecule has 0 amide bonds. The lowest BCUT2D eigenvalue weighted by atomic mass is 10.0. The van der Waals surface area contributed by atoms with Crippen LogP contribution < -0.4 is 10.2 Å². The maximum atomic E-state index is 3.18. The molecule has 1 aromatic carbocycles. The minimum atomic E-state index is 0.324. The van der Waals surface area contributed by atoms with Crippen LogP contribution in [0.1, 0.15) is 32.3 Å². The summed E-state index contributed by atoms with van der Waals surface area (Å²) in [5.41, 5.74) is 3.04. The molecule has 2 heteroatoms. The second-order valence-corrected chi connectivity index (χ2v) is 5.26. The van der Waals surface area contributed by atoms with E-state index in [0.29, 0.717) is 5.54 Å². The first-order valence-corrected chi connectivity index (χ1v) is 6.15. The van der Waals surface area contributed by atoms with E-state index < -0.39 is 0 Å². The van der Waals surface area contributed by atoms with E-state index in [1.54, 1.807) is 0 Å². The van der Waals surface area contributed by atoms with E-state index in [0.717, 1.165) is 6.54 Å². The molecular weight excluding hydrogens is 196 g/mol. The summed E-state index contributed by atoms with van der Waals surface area (Å²) in [5, 5.41) is 3.18. The van der Waals surface area contributed by atoms with Gasteiger partial charge in [-0.2, -0.15) is 0 Å². The molecule has 2 nitrogen and oxygen atoms in total. The van der Waals surface area contributed by atoms with Crippen molar-refractivity contribution in [2.75, 3.05) is 18.5 Å². The molecule has 0 radical (unpaired) electrons. The zero-order valence-corrected chi connectivity index (χ0v) is 10.6. The predicted molar refractivity (Wildman–Crippen MR) is 69.9 cm³/mol. The van der Waals surface area contributed by atoms with Gasteiger partial charge in [0.2, 0.25) is 0 Å². The van der Waals surface area contributed by atoms with Crippen LogP contribution in [-0.4, -0.2) is 19.1 Å². The van der Waals surface area contributed by atoms with Gasteiger partial charge in [0, 0.05) is 24.3 Å². The van der Waals surface area contributed by atoms with Gasteiger partial charge < -0.3 is 10.2 Å². The third-order valence-electron chi connectivity index (χ3n) is 3.53. The van der Waals surface area contributed by atoms with Gasteiger partial charge in [0.15, 0.2) is 0 Å². The highest BCUT2D eigenvalue weighted by atomic mass is 15.2. The van der Waals surface area contributed by atoms with Gasteiger partial charge in [-0.3, -0.25) is 0 Å². The Morgan fingerprint density at radius 3 is 2.44 bits per heavy atom. The highest BCUT2D eigenvalue weighted by Crippen LogP contribution is 2.33. The molecule has 1 fully saturated rings. The molecule has 1 aliphatic rings. The first-order chi connectivity index (χ1) is 7.63. The van der Waals surface area contributed by atoms with Gasteiger partial charge in [-0.25, -0.2) is 0 Å². The fourth-order valence-electron chi connectivity index (χ4n) is 2.58. The molecule has 0 aromatic heterocycles.